The summed E-state index contributed by atoms with van der Waals surface area (Å²) in [7, 11) is 0. The number of benzene rings is 6. The van der Waals surface area contributed by atoms with E-state index < -0.39 is 131 Å². The molecule has 9 aromatic rings. The Morgan fingerprint density at radius 2 is 1.26 bits per heavy atom. The fourth-order valence-electron chi connectivity index (χ4n) is 5.03. The highest BCUT2D eigenvalue weighted by Gasteiger charge is 2.18. The Bertz CT molecular complexity index is 3480. The number of aromatic nitrogens is 2. The van der Waals surface area contributed by atoms with Crippen LogP contribution in [0.25, 0.3) is 88.3 Å². The molecule has 0 saturated heterocycles. The zero-order chi connectivity index (χ0) is 43.3. The Balaban J connectivity index is 1.33. The summed E-state index contributed by atoms with van der Waals surface area (Å²) in [6.45, 7) is 0. The van der Waals surface area contributed by atoms with Gasteiger partial charge in [0, 0.05) is 27.3 Å². The minimum absolute atomic E-state index is 0.0523. The zero-order valence-electron chi connectivity index (χ0n) is 39.0. The van der Waals surface area contributed by atoms with E-state index >= 15 is 0 Å². The molecule has 0 bridgehead atoms. The molecule has 3 heterocycles. The van der Waals surface area contributed by atoms with Crippen molar-refractivity contribution in [2.75, 3.05) is 0 Å². The Morgan fingerprint density at radius 3 is 2.24 bits per heavy atom. The highest BCUT2D eigenvalue weighted by atomic mass is 16.3. The van der Waals surface area contributed by atoms with Crippen LogP contribution in [0.5, 0.6) is 0 Å². The van der Waals surface area contributed by atoms with Gasteiger partial charge < -0.3 is 8.83 Å². The summed E-state index contributed by atoms with van der Waals surface area (Å²) >= 11 is 0. The van der Waals surface area contributed by atoms with Gasteiger partial charge in [0.1, 0.15) is 34.3 Å². The molecule has 0 atom stereocenters. The largest absolute Gasteiger partial charge is 0.455 e. The van der Waals surface area contributed by atoms with Crippen molar-refractivity contribution in [2.24, 2.45) is 0 Å². The van der Waals surface area contributed by atoms with Crippen LogP contribution in [0.1, 0.15) is 24.7 Å². The van der Waals surface area contributed by atoms with E-state index in [1.54, 1.807) is 0 Å². The van der Waals surface area contributed by atoms with Gasteiger partial charge in [-0.05, 0) is 51.7 Å². The van der Waals surface area contributed by atoms with Crippen LogP contribution < -0.4 is 0 Å². The molecule has 0 amide bonds. The maximum Gasteiger partial charge on any atom is 0.180 e. The van der Waals surface area contributed by atoms with Gasteiger partial charge in [-0.3, -0.25) is 0 Å². The highest BCUT2D eigenvalue weighted by Crippen LogP contribution is 2.39. The van der Waals surface area contributed by atoms with Gasteiger partial charge in [0.25, 0.3) is 0 Å². The zero-order valence-corrected chi connectivity index (χ0v) is 21.0. The van der Waals surface area contributed by atoms with Crippen molar-refractivity contribution >= 4 is 54.8 Å². The van der Waals surface area contributed by atoms with Crippen molar-refractivity contribution in [2.45, 2.75) is 0 Å². The van der Waals surface area contributed by atoms with E-state index in [4.69, 9.17) is 32.1 Å². The standard InChI is InChI=1S/C38H22N2O2/c1-2-12-27-23(8-1)9-6-14-28(27)25-18-19-34-32(21-25)36-38(42-34)35(39-22-40-36)26-11-5-10-24(20-26)29-15-7-16-31-30-13-3-4-17-33(30)41-37(29)31/h1-22H/i1D,2D,3D,4D,5D,6D,7D,8D,9D,10D,11D,12D,13D,14D,15D,16D,17D,20D. The number of fused-ring (bicyclic) bond motifs is 7. The summed E-state index contributed by atoms with van der Waals surface area (Å²) in [5, 5.41) is -0.640. The predicted molar refractivity (Wildman–Crippen MR) is 170 cm³/mol. The van der Waals surface area contributed by atoms with Crippen molar-refractivity contribution < 1.29 is 33.5 Å². The molecule has 196 valence electrons. The molecular weight excluding hydrogens is 516 g/mol. The average molecular weight is 557 g/mol. The summed E-state index contributed by atoms with van der Waals surface area (Å²) in [6, 6.07) is -6.65. The van der Waals surface area contributed by atoms with E-state index in [0.717, 1.165) is 6.33 Å². The molecule has 0 aliphatic rings. The van der Waals surface area contributed by atoms with Crippen LogP contribution in [-0.2, 0) is 0 Å². The number of nitrogens with zero attached hydrogens (tertiary/aromatic N) is 2. The summed E-state index contributed by atoms with van der Waals surface area (Å²) in [5.74, 6) is 0. The first-order valence-corrected chi connectivity index (χ1v) is 12.5. The van der Waals surface area contributed by atoms with Gasteiger partial charge in [-0.25, -0.2) is 9.97 Å². The van der Waals surface area contributed by atoms with Crippen molar-refractivity contribution in [3.63, 3.8) is 0 Å². The Morgan fingerprint density at radius 1 is 0.524 bits per heavy atom. The van der Waals surface area contributed by atoms with Crippen LogP contribution in [0.4, 0.5) is 0 Å². The summed E-state index contributed by atoms with van der Waals surface area (Å²) in [6.07, 6.45) is 1.08. The third-order valence-electron chi connectivity index (χ3n) is 6.90. The molecule has 3 aromatic heterocycles. The summed E-state index contributed by atoms with van der Waals surface area (Å²) < 4.78 is 167. The number of rotatable bonds is 3. The molecule has 42 heavy (non-hydrogen) atoms. The van der Waals surface area contributed by atoms with Gasteiger partial charge in [0.2, 0.25) is 0 Å². The maximum absolute atomic E-state index is 9.44. The van der Waals surface area contributed by atoms with Crippen LogP contribution in [0.2, 0.25) is 0 Å². The second kappa shape index (κ2) is 8.88. The molecular formula is C38H22N2O2. The topological polar surface area (TPSA) is 52.1 Å². The SMILES string of the molecule is [2H]c1c([2H])c(-c2ncnc3c2oc2ccc(-c4c([2H])c([2H])c([2H])c5c([2H])c([2H])c([2H])c([2H])c45)cc23)c([2H])c(-c2c([2H])c([2H])c([2H])c3c2oc2c([2H])c([2H])c([2H])c([2H])c23)c1[2H]. The quantitative estimate of drug-likeness (QED) is 0.217. The van der Waals surface area contributed by atoms with Gasteiger partial charge in [-0.15, -0.1) is 0 Å². The molecule has 4 nitrogen and oxygen atoms in total. The van der Waals surface area contributed by atoms with E-state index in [0.29, 0.717) is 0 Å². The normalized spacial score (nSPS) is 17.8. The Labute approximate surface area is 265 Å². The third-order valence-corrected chi connectivity index (χ3v) is 6.90. The smallest absolute Gasteiger partial charge is 0.180 e. The predicted octanol–water partition coefficient (Wildman–Crippen LogP) is 10.4. The first kappa shape index (κ1) is 11.6. The lowest BCUT2D eigenvalue weighted by Gasteiger charge is -2.07. The fraction of sp³-hybridized carbons (Fsp3) is 0. The first-order chi connectivity index (χ1) is 28.3. The lowest BCUT2D eigenvalue weighted by molar-refractivity contribution is 0.667. The van der Waals surface area contributed by atoms with Crippen molar-refractivity contribution in [1.82, 2.24) is 9.97 Å². The van der Waals surface area contributed by atoms with Gasteiger partial charge in [-0.2, -0.15) is 0 Å². The average Bonchev–Trinajstić information content (AvgIpc) is 3.82. The molecule has 0 aliphatic carbocycles. The minimum atomic E-state index is -0.737. The van der Waals surface area contributed by atoms with Crippen LogP contribution in [0.3, 0.4) is 0 Å². The molecule has 6 aromatic carbocycles. The summed E-state index contributed by atoms with van der Waals surface area (Å²) in [4.78, 5) is 8.68. The van der Waals surface area contributed by atoms with Crippen LogP contribution in [0.15, 0.2) is 142 Å². The van der Waals surface area contributed by atoms with E-state index in [1.807, 2.05) is 0 Å². The third kappa shape index (κ3) is 3.42. The van der Waals surface area contributed by atoms with Crippen LogP contribution in [-0.4, -0.2) is 9.97 Å². The molecule has 9 rings (SSSR count). The van der Waals surface area contributed by atoms with E-state index in [9.17, 15) is 1.37 Å². The number of hydrogen-bond donors (Lipinski definition) is 0. The van der Waals surface area contributed by atoms with Crippen molar-refractivity contribution in [1.29, 1.82) is 0 Å². The van der Waals surface area contributed by atoms with Gasteiger partial charge >= 0.3 is 0 Å². The fourth-order valence-corrected chi connectivity index (χ4v) is 5.03. The highest BCUT2D eigenvalue weighted by molar-refractivity contribution is 6.11. The summed E-state index contributed by atoms with van der Waals surface area (Å²) in [5.41, 5.74) is -1.99. The lowest BCUT2D eigenvalue weighted by Crippen LogP contribution is -1.88. The lowest BCUT2D eigenvalue weighted by atomic mass is 9.97. The molecule has 0 fully saturated rings. The minimum Gasteiger partial charge on any atom is -0.455 e. The number of furan rings is 2. The second-order valence-corrected chi connectivity index (χ2v) is 9.22. The number of hydrogen-bond acceptors (Lipinski definition) is 4. The van der Waals surface area contributed by atoms with E-state index in [2.05, 4.69) is 9.97 Å². The van der Waals surface area contributed by atoms with Crippen molar-refractivity contribution in [3.8, 4) is 33.5 Å². The van der Waals surface area contributed by atoms with Crippen molar-refractivity contribution in [3.05, 3.63) is 133 Å². The van der Waals surface area contributed by atoms with E-state index in [1.165, 1.54) is 18.2 Å². The molecule has 0 saturated carbocycles. The molecule has 0 aliphatic heterocycles. The molecule has 0 unspecified atom stereocenters. The van der Waals surface area contributed by atoms with Crippen LogP contribution in [0, 0.1) is 0 Å². The van der Waals surface area contributed by atoms with Gasteiger partial charge in [-0.1, -0.05) is 103 Å². The van der Waals surface area contributed by atoms with Gasteiger partial charge in [0.05, 0.1) is 24.7 Å². The van der Waals surface area contributed by atoms with E-state index in [-0.39, 0.29) is 66.0 Å². The molecule has 0 N–H and O–H groups in total. The monoisotopic (exact) mass is 556 g/mol. The molecule has 0 spiro atoms. The Hall–Kier alpha value is -5.74. The number of para-hydroxylation sites is 2. The maximum atomic E-state index is 9.44. The second-order valence-electron chi connectivity index (χ2n) is 9.22. The first-order valence-electron chi connectivity index (χ1n) is 21.5. The molecule has 0 radical (unpaired) electrons. The van der Waals surface area contributed by atoms with Gasteiger partial charge in [0.15, 0.2) is 5.58 Å². The Kier molecular flexibility index (Phi) is 2.46. The van der Waals surface area contributed by atoms with Crippen LogP contribution >= 0.6 is 0 Å². The molecule has 4 heteroatoms.